The Hall–Kier alpha value is -2.04. The van der Waals surface area contributed by atoms with Gasteiger partial charge < -0.3 is 15.4 Å². The molecule has 1 fully saturated rings. The number of amides is 2. The number of carbonyl (C=O) groups excluding carboxylic acids is 1. The number of likely N-dealkylation sites (tertiary alicyclic amines) is 1. The van der Waals surface area contributed by atoms with Gasteiger partial charge in [-0.15, -0.1) is 0 Å². The standard InChI is InChI=1S/C15H21N3O2/c1-12(17-20)13-8-4-5-9-14(13)16-15(19)18-10-6-2-3-7-11-18/h4-5,8-9,20H,2-3,6-7,10-11H2,1H3,(H,16,19). The molecule has 0 aliphatic carbocycles. The molecule has 2 amide bonds. The van der Waals surface area contributed by atoms with E-state index in [1.165, 1.54) is 12.8 Å². The van der Waals surface area contributed by atoms with Crippen molar-refractivity contribution in [3.05, 3.63) is 29.8 Å². The number of nitrogens with one attached hydrogen (secondary N) is 1. The van der Waals surface area contributed by atoms with E-state index in [1.807, 2.05) is 29.2 Å². The fourth-order valence-corrected chi connectivity index (χ4v) is 2.43. The highest BCUT2D eigenvalue weighted by Crippen LogP contribution is 2.18. The van der Waals surface area contributed by atoms with Crippen LogP contribution in [0.15, 0.2) is 29.4 Å². The third-order valence-electron chi connectivity index (χ3n) is 3.60. The van der Waals surface area contributed by atoms with Crippen molar-refractivity contribution < 1.29 is 10.0 Å². The molecular weight excluding hydrogens is 254 g/mol. The van der Waals surface area contributed by atoms with Crippen LogP contribution in [0.2, 0.25) is 0 Å². The van der Waals surface area contributed by atoms with Crippen molar-refractivity contribution in [1.82, 2.24) is 4.90 Å². The van der Waals surface area contributed by atoms with Crippen molar-refractivity contribution in [3.8, 4) is 0 Å². The summed E-state index contributed by atoms with van der Waals surface area (Å²) in [4.78, 5) is 14.2. The summed E-state index contributed by atoms with van der Waals surface area (Å²) < 4.78 is 0. The van der Waals surface area contributed by atoms with Crippen molar-refractivity contribution in [3.63, 3.8) is 0 Å². The number of para-hydroxylation sites is 1. The number of oxime groups is 1. The Morgan fingerprint density at radius 1 is 1.20 bits per heavy atom. The summed E-state index contributed by atoms with van der Waals surface area (Å²) in [5, 5.41) is 15.0. The van der Waals surface area contributed by atoms with Crippen LogP contribution in [-0.2, 0) is 0 Å². The van der Waals surface area contributed by atoms with Crippen molar-refractivity contribution in [2.45, 2.75) is 32.6 Å². The van der Waals surface area contributed by atoms with Crippen LogP contribution in [0.1, 0.15) is 38.2 Å². The minimum atomic E-state index is -0.0786. The summed E-state index contributed by atoms with van der Waals surface area (Å²) in [6.07, 6.45) is 4.51. The second-order valence-corrected chi connectivity index (χ2v) is 5.06. The zero-order chi connectivity index (χ0) is 14.4. The lowest BCUT2D eigenvalue weighted by Crippen LogP contribution is -2.35. The molecule has 0 aromatic heterocycles. The number of benzene rings is 1. The number of nitrogens with zero attached hydrogens (tertiary/aromatic N) is 2. The van der Waals surface area contributed by atoms with Crippen LogP contribution in [0.5, 0.6) is 0 Å². The molecule has 1 aromatic carbocycles. The second-order valence-electron chi connectivity index (χ2n) is 5.06. The van der Waals surface area contributed by atoms with Crippen LogP contribution < -0.4 is 5.32 Å². The van der Waals surface area contributed by atoms with Crippen LogP contribution in [0.25, 0.3) is 0 Å². The molecule has 0 saturated carbocycles. The van der Waals surface area contributed by atoms with E-state index in [-0.39, 0.29) is 6.03 Å². The maximum atomic E-state index is 12.3. The van der Waals surface area contributed by atoms with E-state index in [2.05, 4.69) is 10.5 Å². The van der Waals surface area contributed by atoms with Gasteiger partial charge in [-0.05, 0) is 25.8 Å². The van der Waals surface area contributed by atoms with Crippen LogP contribution in [0, 0.1) is 0 Å². The van der Waals surface area contributed by atoms with E-state index >= 15 is 0 Å². The van der Waals surface area contributed by atoms with Crippen molar-refractivity contribution in [2.24, 2.45) is 5.16 Å². The zero-order valence-corrected chi connectivity index (χ0v) is 11.8. The van der Waals surface area contributed by atoms with Crippen LogP contribution in [0.4, 0.5) is 10.5 Å². The summed E-state index contributed by atoms with van der Waals surface area (Å²) in [7, 11) is 0. The predicted octanol–water partition coefficient (Wildman–Crippen LogP) is 3.29. The molecule has 0 atom stereocenters. The van der Waals surface area contributed by atoms with Gasteiger partial charge in [-0.2, -0.15) is 0 Å². The Morgan fingerprint density at radius 3 is 2.50 bits per heavy atom. The molecule has 2 rings (SSSR count). The largest absolute Gasteiger partial charge is 0.411 e. The van der Waals surface area contributed by atoms with Gasteiger partial charge >= 0.3 is 6.03 Å². The highest BCUT2D eigenvalue weighted by molar-refractivity contribution is 6.06. The lowest BCUT2D eigenvalue weighted by molar-refractivity contribution is 0.214. The number of rotatable bonds is 2. The molecule has 1 saturated heterocycles. The highest BCUT2D eigenvalue weighted by Gasteiger charge is 2.16. The first-order valence-electron chi connectivity index (χ1n) is 7.06. The number of urea groups is 1. The summed E-state index contributed by atoms with van der Waals surface area (Å²) >= 11 is 0. The highest BCUT2D eigenvalue weighted by atomic mass is 16.4. The monoisotopic (exact) mass is 275 g/mol. The number of carbonyl (C=O) groups is 1. The van der Waals surface area contributed by atoms with E-state index in [9.17, 15) is 4.79 Å². The number of hydrogen-bond donors (Lipinski definition) is 2. The van der Waals surface area contributed by atoms with Crippen LogP contribution >= 0.6 is 0 Å². The van der Waals surface area contributed by atoms with Gasteiger partial charge in [0, 0.05) is 18.7 Å². The predicted molar refractivity (Wildman–Crippen MR) is 79.5 cm³/mol. The van der Waals surface area contributed by atoms with Crippen molar-refractivity contribution >= 4 is 17.4 Å². The van der Waals surface area contributed by atoms with Gasteiger partial charge in [-0.1, -0.05) is 36.2 Å². The second kappa shape index (κ2) is 6.93. The third-order valence-corrected chi connectivity index (χ3v) is 3.60. The molecule has 5 nitrogen and oxygen atoms in total. The van der Waals surface area contributed by atoms with E-state index in [1.54, 1.807) is 6.92 Å². The molecule has 108 valence electrons. The fraction of sp³-hybridized carbons (Fsp3) is 0.467. The lowest BCUT2D eigenvalue weighted by Gasteiger charge is -2.21. The van der Waals surface area contributed by atoms with Crippen LogP contribution in [0.3, 0.4) is 0 Å². The first-order chi connectivity index (χ1) is 9.72. The third kappa shape index (κ3) is 3.50. The fourth-order valence-electron chi connectivity index (χ4n) is 2.43. The SMILES string of the molecule is CC(=NO)c1ccccc1NC(=O)N1CCCCCC1. The van der Waals surface area contributed by atoms with E-state index in [0.717, 1.165) is 31.5 Å². The lowest BCUT2D eigenvalue weighted by atomic mass is 10.1. The van der Waals surface area contributed by atoms with E-state index in [4.69, 9.17) is 5.21 Å². The van der Waals surface area contributed by atoms with Gasteiger partial charge in [0.2, 0.25) is 0 Å². The summed E-state index contributed by atoms with van der Waals surface area (Å²) in [5.74, 6) is 0. The van der Waals surface area contributed by atoms with Gasteiger partial charge in [-0.3, -0.25) is 0 Å². The molecule has 0 unspecified atom stereocenters. The van der Waals surface area contributed by atoms with Gasteiger partial charge in [-0.25, -0.2) is 4.79 Å². The Morgan fingerprint density at radius 2 is 1.85 bits per heavy atom. The molecule has 1 aliphatic rings. The number of hydrogen-bond acceptors (Lipinski definition) is 3. The Labute approximate surface area is 119 Å². The normalized spacial score (nSPS) is 16.6. The topological polar surface area (TPSA) is 64.9 Å². The molecule has 0 radical (unpaired) electrons. The van der Waals surface area contributed by atoms with Gasteiger partial charge in [0.25, 0.3) is 0 Å². The average Bonchev–Trinajstić information content (AvgIpc) is 2.76. The first kappa shape index (κ1) is 14.4. The van der Waals surface area contributed by atoms with Crippen molar-refractivity contribution in [2.75, 3.05) is 18.4 Å². The smallest absolute Gasteiger partial charge is 0.321 e. The van der Waals surface area contributed by atoms with Crippen LogP contribution in [-0.4, -0.2) is 34.9 Å². The number of anilines is 1. The Balaban J connectivity index is 2.11. The van der Waals surface area contributed by atoms with E-state index < -0.39 is 0 Å². The molecule has 1 heterocycles. The van der Waals surface area contributed by atoms with Crippen molar-refractivity contribution in [1.29, 1.82) is 0 Å². The maximum Gasteiger partial charge on any atom is 0.321 e. The first-order valence-corrected chi connectivity index (χ1v) is 7.06. The van der Waals surface area contributed by atoms with Gasteiger partial charge in [0.15, 0.2) is 0 Å². The Kier molecular flexibility index (Phi) is 4.98. The molecule has 0 bridgehead atoms. The average molecular weight is 275 g/mol. The van der Waals surface area contributed by atoms with Gasteiger partial charge in [0.1, 0.15) is 0 Å². The Bertz CT molecular complexity index is 492. The maximum absolute atomic E-state index is 12.3. The minimum absolute atomic E-state index is 0.0786. The molecule has 1 aromatic rings. The molecule has 1 aliphatic heterocycles. The minimum Gasteiger partial charge on any atom is -0.411 e. The van der Waals surface area contributed by atoms with Gasteiger partial charge in [0.05, 0.1) is 11.4 Å². The zero-order valence-electron chi connectivity index (χ0n) is 11.8. The molecule has 5 heteroatoms. The summed E-state index contributed by atoms with van der Waals surface area (Å²) in [6, 6.07) is 7.27. The molecular formula is C15H21N3O2. The molecule has 0 spiro atoms. The molecule has 2 N–H and O–H groups in total. The van der Waals surface area contributed by atoms with E-state index in [0.29, 0.717) is 11.4 Å². The summed E-state index contributed by atoms with van der Waals surface area (Å²) in [5.41, 5.74) is 1.90. The quantitative estimate of drug-likeness (QED) is 0.494. The summed E-state index contributed by atoms with van der Waals surface area (Å²) in [6.45, 7) is 3.32. The molecule has 20 heavy (non-hydrogen) atoms.